The number of imide groups is 2. The summed E-state index contributed by atoms with van der Waals surface area (Å²) in [5.74, 6) is -58.9. The van der Waals surface area contributed by atoms with Gasteiger partial charge in [-0.1, -0.05) is 10.1 Å². The topological polar surface area (TPSA) is 242 Å². The second-order valence-electron chi connectivity index (χ2n) is 9.43. The van der Waals surface area contributed by atoms with Gasteiger partial charge < -0.3 is 18.8 Å². The molecule has 16 nitrogen and oxygen atoms in total. The first kappa shape index (κ1) is 49.7. The van der Waals surface area contributed by atoms with Crippen molar-refractivity contribution in [2.75, 3.05) is 0 Å². The Bertz CT molecular complexity index is 1690. The van der Waals surface area contributed by atoms with Crippen molar-refractivity contribution >= 4 is 55.8 Å². The molecule has 2 heterocycles. The number of carbonyl (C=O) groups excluding carboxylic acids is 6. The van der Waals surface area contributed by atoms with Crippen LogP contribution in [0.25, 0.3) is 0 Å². The molecule has 52 heavy (non-hydrogen) atoms. The normalized spacial score (nSPS) is 16.7. The number of nitrogens with zero attached hydrogens (tertiary/aromatic N) is 2. The zero-order valence-electron chi connectivity index (χ0n) is 24.9. The van der Waals surface area contributed by atoms with Gasteiger partial charge in [-0.2, -0.15) is 52.7 Å². The van der Waals surface area contributed by atoms with Gasteiger partial charge in [0.15, 0.2) is 0 Å². The van der Waals surface area contributed by atoms with Crippen LogP contribution >= 0.6 is 0 Å². The van der Waals surface area contributed by atoms with E-state index in [0.717, 1.165) is 0 Å². The first-order valence-corrected chi connectivity index (χ1v) is 14.7. The number of carbonyl (C=O) groups is 6. The average Bonchev–Trinajstić information content (AvgIpc) is 3.40. The summed E-state index contributed by atoms with van der Waals surface area (Å²) in [6.45, 7) is 0. The maximum Gasteiger partial charge on any atom is 1.00 e. The first-order valence-electron chi connectivity index (χ1n) is 11.9. The Labute approximate surface area is 323 Å². The molecule has 0 saturated carbocycles. The van der Waals surface area contributed by atoms with E-state index in [1.807, 2.05) is 0 Å². The van der Waals surface area contributed by atoms with Crippen LogP contribution in [0, 0.1) is 0 Å². The monoisotopic (exact) mass is 840 g/mol. The molecule has 0 spiro atoms. The number of hydroxylamine groups is 4. The zero-order chi connectivity index (χ0) is 39.4. The molecule has 0 bridgehead atoms. The fraction of sp³-hybridized carbons (Fsp3) is 0.500. The van der Waals surface area contributed by atoms with Gasteiger partial charge in [-0.3, -0.25) is 19.2 Å². The summed E-state index contributed by atoms with van der Waals surface area (Å²) in [5.41, 5.74) is 0. The minimum atomic E-state index is -8.19. The molecule has 0 aromatic heterocycles. The second kappa shape index (κ2) is 15.8. The second-order valence-corrected chi connectivity index (χ2v) is 12.1. The van der Waals surface area contributed by atoms with Gasteiger partial charge >= 0.3 is 118 Å². The summed E-state index contributed by atoms with van der Waals surface area (Å²) in [7, 11) is -11.5. The molecular formula is C20H10F12N2Na2O14S2. The van der Waals surface area contributed by atoms with E-state index >= 15 is 0 Å². The number of hydrogen-bond acceptors (Lipinski definition) is 14. The largest absolute Gasteiger partial charge is 1.00 e. The van der Waals surface area contributed by atoms with Gasteiger partial charge in [0.1, 0.15) is 30.0 Å². The quantitative estimate of drug-likeness (QED) is 0.0649. The molecule has 32 heteroatoms. The van der Waals surface area contributed by atoms with Gasteiger partial charge in [-0.05, 0) is 0 Å². The van der Waals surface area contributed by atoms with Gasteiger partial charge in [0.25, 0.3) is 11.8 Å². The molecule has 0 unspecified atom stereocenters. The molecule has 0 aromatic carbocycles. The Balaban J connectivity index is 0.0000130. The Morgan fingerprint density at radius 3 is 1.02 bits per heavy atom. The van der Waals surface area contributed by atoms with Crippen molar-refractivity contribution < 1.29 is 176 Å². The van der Waals surface area contributed by atoms with Crippen LogP contribution in [0.4, 0.5) is 52.7 Å². The number of hydrogen-bond donors (Lipinski definition) is 0. The SMILES string of the molecule is O=C(CCC(F)(F)C(F)(F)C(F)(F)C(F)(F)C(F)(F)C(F)(F)CCC(=O)ON1C(=O)C=C(S(=O)(=O)[O-])C1=O)ON1C(=O)C=C(S(=O)(=O)[O-])C1=O.[Na+].[Na+]. The molecule has 2 aliphatic rings. The van der Waals surface area contributed by atoms with Crippen LogP contribution in [0.5, 0.6) is 0 Å². The van der Waals surface area contributed by atoms with Gasteiger partial charge in [-0.25, -0.2) is 26.4 Å². The first-order chi connectivity index (χ1) is 22.1. The molecule has 0 aromatic rings. The van der Waals surface area contributed by atoms with E-state index in [2.05, 4.69) is 9.68 Å². The van der Waals surface area contributed by atoms with Crippen molar-refractivity contribution in [3.05, 3.63) is 22.0 Å². The van der Waals surface area contributed by atoms with E-state index in [1.165, 1.54) is 0 Å². The molecule has 2 aliphatic heterocycles. The third kappa shape index (κ3) is 9.13. The Kier molecular flexibility index (Phi) is 15.1. The van der Waals surface area contributed by atoms with Crippen molar-refractivity contribution in [2.45, 2.75) is 61.2 Å². The number of halogens is 12. The molecular weight excluding hydrogens is 830 g/mol. The molecule has 0 atom stereocenters. The average molecular weight is 840 g/mol. The summed E-state index contributed by atoms with van der Waals surface area (Å²) in [6.07, 6.45) is -11.6. The van der Waals surface area contributed by atoms with E-state index in [0.29, 0.717) is 0 Å². The Morgan fingerprint density at radius 2 is 0.808 bits per heavy atom. The molecule has 0 aliphatic carbocycles. The molecule has 282 valence electrons. The maximum absolute atomic E-state index is 14.1. The van der Waals surface area contributed by atoms with Crippen LogP contribution < -0.4 is 59.1 Å². The third-order valence-corrected chi connectivity index (χ3v) is 7.68. The summed E-state index contributed by atoms with van der Waals surface area (Å²) in [6, 6.07) is 0. The van der Waals surface area contributed by atoms with Crippen molar-refractivity contribution in [3.63, 3.8) is 0 Å². The Morgan fingerprint density at radius 1 is 0.558 bits per heavy atom. The molecule has 0 N–H and O–H groups in total. The number of rotatable bonds is 15. The predicted molar refractivity (Wildman–Crippen MR) is 120 cm³/mol. The van der Waals surface area contributed by atoms with Crippen molar-refractivity contribution in [1.29, 1.82) is 0 Å². The van der Waals surface area contributed by atoms with E-state index in [-0.39, 0.29) is 71.3 Å². The van der Waals surface area contributed by atoms with Gasteiger partial charge in [0, 0.05) is 25.0 Å². The van der Waals surface area contributed by atoms with E-state index in [4.69, 9.17) is 0 Å². The van der Waals surface area contributed by atoms with Crippen molar-refractivity contribution in [3.8, 4) is 0 Å². The third-order valence-electron chi connectivity index (χ3n) is 6.01. The molecule has 0 fully saturated rings. The van der Waals surface area contributed by atoms with Crippen LogP contribution in [-0.4, -0.2) is 107 Å². The molecule has 4 amide bonds. The smallest absolute Gasteiger partial charge is 0.744 e. The summed E-state index contributed by atoms with van der Waals surface area (Å²) in [4.78, 5) is 73.0. The fourth-order valence-electron chi connectivity index (χ4n) is 3.38. The standard InChI is InChI=1S/C20H12F12N2O14S2.2Na/c21-15(22,3-1-11(37)47-33-9(35)5-7(13(33)39)49(41,42)43)17(25,26)19(29,30)20(31,32)18(27,28)16(23,24)4-2-12(38)48-34-10(36)6-8(14(34)40)50(44,45)46;;/h5-6H,1-4H2,(H,41,42,43)(H,44,45,46);;/q;2*+1/p-2. The minimum Gasteiger partial charge on any atom is -0.744 e. The fourth-order valence-corrected chi connectivity index (χ4v) is 4.46. The number of alkyl halides is 12. The van der Waals surface area contributed by atoms with E-state index in [1.54, 1.807) is 0 Å². The van der Waals surface area contributed by atoms with Crippen LogP contribution in [0.1, 0.15) is 25.7 Å². The summed E-state index contributed by atoms with van der Waals surface area (Å²) < 4.78 is 235. The minimum absolute atomic E-state index is 0. The van der Waals surface area contributed by atoms with Crippen molar-refractivity contribution in [1.82, 2.24) is 10.1 Å². The van der Waals surface area contributed by atoms with Crippen LogP contribution in [0.15, 0.2) is 22.0 Å². The van der Waals surface area contributed by atoms with Crippen molar-refractivity contribution in [2.24, 2.45) is 0 Å². The summed E-state index contributed by atoms with van der Waals surface area (Å²) in [5, 5.41) is -1.87. The summed E-state index contributed by atoms with van der Waals surface area (Å²) >= 11 is 0. The molecule has 0 saturated heterocycles. The van der Waals surface area contributed by atoms with Gasteiger partial charge in [0.05, 0.1) is 12.8 Å². The maximum atomic E-state index is 14.1. The van der Waals surface area contributed by atoms with Gasteiger partial charge in [0.2, 0.25) is 0 Å². The molecule has 0 radical (unpaired) electrons. The predicted octanol–water partition coefficient (Wildman–Crippen LogP) is -5.12. The Hall–Kier alpha value is -2.32. The van der Waals surface area contributed by atoms with Crippen LogP contribution in [-0.2, 0) is 58.7 Å². The van der Waals surface area contributed by atoms with Gasteiger partial charge in [-0.15, -0.1) is 0 Å². The zero-order valence-corrected chi connectivity index (χ0v) is 30.6. The van der Waals surface area contributed by atoms with Crippen LogP contribution in [0.3, 0.4) is 0 Å². The molecule has 2 rings (SSSR count). The van der Waals surface area contributed by atoms with E-state index < -0.39 is 137 Å². The van der Waals surface area contributed by atoms with Crippen LogP contribution in [0.2, 0.25) is 0 Å². The number of amides is 4. The van der Waals surface area contributed by atoms with E-state index in [9.17, 15) is 107 Å².